The first kappa shape index (κ1) is 13.1. The molecule has 0 saturated carbocycles. The molecule has 1 aliphatic rings. The lowest BCUT2D eigenvalue weighted by Gasteiger charge is -2.23. The first-order valence-corrected chi connectivity index (χ1v) is 7.14. The van der Waals surface area contributed by atoms with E-state index in [9.17, 15) is 0 Å². The first-order chi connectivity index (χ1) is 9.78. The van der Waals surface area contributed by atoms with Gasteiger partial charge >= 0.3 is 0 Å². The van der Waals surface area contributed by atoms with Gasteiger partial charge in [-0.05, 0) is 37.6 Å². The van der Waals surface area contributed by atoms with Gasteiger partial charge in [0.15, 0.2) is 11.6 Å². The maximum absolute atomic E-state index is 4.77. The summed E-state index contributed by atoms with van der Waals surface area (Å²) in [6.07, 6.45) is 1.24. The van der Waals surface area contributed by atoms with Crippen molar-refractivity contribution < 1.29 is 0 Å². The second-order valence-corrected chi connectivity index (χ2v) is 5.37. The number of rotatable bonds is 4. The van der Waals surface area contributed by atoms with Crippen LogP contribution in [-0.2, 0) is 0 Å². The minimum absolute atomic E-state index is 0.693. The molecule has 1 aromatic heterocycles. The molecule has 106 valence electrons. The Labute approximate surface area is 119 Å². The fraction of sp³-hybridized carbons (Fsp3) is 0.467. The number of fused-ring (bicyclic) bond motifs is 1. The maximum Gasteiger partial charge on any atom is 0.172 e. The van der Waals surface area contributed by atoms with Gasteiger partial charge in [0, 0.05) is 20.6 Å². The Balaban J connectivity index is 1.91. The van der Waals surface area contributed by atoms with Crippen molar-refractivity contribution >= 4 is 22.7 Å². The Bertz CT molecular complexity index is 592. The van der Waals surface area contributed by atoms with Crippen molar-refractivity contribution in [3.63, 3.8) is 0 Å². The Morgan fingerprint density at radius 2 is 2.05 bits per heavy atom. The molecule has 0 amide bonds. The SMILES string of the molecule is CNc1nc2ccccc2nc1N(C)C[C@@H]1CCNC1. The van der Waals surface area contributed by atoms with Gasteiger partial charge in [-0.25, -0.2) is 9.97 Å². The molecule has 5 heteroatoms. The van der Waals surface area contributed by atoms with Crippen LogP contribution in [0.2, 0.25) is 0 Å². The summed E-state index contributed by atoms with van der Waals surface area (Å²) < 4.78 is 0. The highest BCUT2D eigenvalue weighted by Gasteiger charge is 2.19. The molecule has 1 aliphatic heterocycles. The monoisotopic (exact) mass is 271 g/mol. The van der Waals surface area contributed by atoms with E-state index in [4.69, 9.17) is 4.98 Å². The van der Waals surface area contributed by atoms with Crippen LogP contribution in [0.15, 0.2) is 24.3 Å². The van der Waals surface area contributed by atoms with Gasteiger partial charge in [0.1, 0.15) is 0 Å². The van der Waals surface area contributed by atoms with E-state index in [0.29, 0.717) is 5.92 Å². The third kappa shape index (κ3) is 2.54. The second kappa shape index (κ2) is 5.63. The van der Waals surface area contributed by atoms with Crippen molar-refractivity contribution in [1.29, 1.82) is 0 Å². The molecule has 1 atom stereocenters. The third-order valence-corrected chi connectivity index (χ3v) is 3.84. The zero-order valence-corrected chi connectivity index (χ0v) is 12.1. The summed E-state index contributed by atoms with van der Waals surface area (Å²) in [6, 6.07) is 7.99. The molecular weight excluding hydrogens is 250 g/mol. The van der Waals surface area contributed by atoms with E-state index >= 15 is 0 Å². The molecule has 1 aromatic carbocycles. The van der Waals surface area contributed by atoms with Crippen LogP contribution < -0.4 is 15.5 Å². The van der Waals surface area contributed by atoms with E-state index in [2.05, 4.69) is 27.6 Å². The summed E-state index contributed by atoms with van der Waals surface area (Å²) in [5, 5.41) is 6.57. The summed E-state index contributed by atoms with van der Waals surface area (Å²) in [5.74, 6) is 2.47. The Morgan fingerprint density at radius 3 is 2.70 bits per heavy atom. The van der Waals surface area contributed by atoms with Crippen LogP contribution >= 0.6 is 0 Å². The number of anilines is 2. The molecule has 2 aromatic rings. The molecule has 0 spiro atoms. The fourth-order valence-electron chi connectivity index (χ4n) is 2.77. The smallest absolute Gasteiger partial charge is 0.172 e. The van der Waals surface area contributed by atoms with Crippen molar-refractivity contribution in [3.8, 4) is 0 Å². The summed E-state index contributed by atoms with van der Waals surface area (Å²) in [6.45, 7) is 3.23. The van der Waals surface area contributed by atoms with Gasteiger partial charge < -0.3 is 15.5 Å². The minimum Gasteiger partial charge on any atom is -0.370 e. The molecule has 5 nitrogen and oxygen atoms in total. The highest BCUT2D eigenvalue weighted by Crippen LogP contribution is 2.25. The van der Waals surface area contributed by atoms with E-state index in [1.54, 1.807) is 0 Å². The maximum atomic E-state index is 4.77. The number of hydrogen-bond donors (Lipinski definition) is 2. The average molecular weight is 271 g/mol. The number of benzene rings is 1. The highest BCUT2D eigenvalue weighted by molar-refractivity contribution is 5.80. The molecule has 1 saturated heterocycles. The van der Waals surface area contributed by atoms with Gasteiger partial charge in [0.25, 0.3) is 0 Å². The number of nitrogens with one attached hydrogen (secondary N) is 2. The fourth-order valence-corrected chi connectivity index (χ4v) is 2.77. The van der Waals surface area contributed by atoms with E-state index < -0.39 is 0 Å². The van der Waals surface area contributed by atoms with E-state index in [0.717, 1.165) is 42.3 Å². The molecule has 0 aliphatic carbocycles. The lowest BCUT2D eigenvalue weighted by Crippen LogP contribution is -2.28. The molecular formula is C15H21N5. The Morgan fingerprint density at radius 1 is 1.30 bits per heavy atom. The highest BCUT2D eigenvalue weighted by atomic mass is 15.2. The molecule has 20 heavy (non-hydrogen) atoms. The quantitative estimate of drug-likeness (QED) is 0.887. The van der Waals surface area contributed by atoms with Crippen LogP contribution in [0.5, 0.6) is 0 Å². The van der Waals surface area contributed by atoms with Crippen molar-refractivity contribution in [1.82, 2.24) is 15.3 Å². The number of hydrogen-bond acceptors (Lipinski definition) is 5. The molecule has 2 heterocycles. The van der Waals surface area contributed by atoms with Gasteiger partial charge in [0.05, 0.1) is 11.0 Å². The van der Waals surface area contributed by atoms with Crippen molar-refractivity contribution in [3.05, 3.63) is 24.3 Å². The van der Waals surface area contributed by atoms with Gasteiger partial charge in [-0.1, -0.05) is 12.1 Å². The second-order valence-electron chi connectivity index (χ2n) is 5.37. The van der Waals surface area contributed by atoms with Crippen molar-refractivity contribution in [2.45, 2.75) is 6.42 Å². The number of aromatic nitrogens is 2. The number of nitrogens with zero attached hydrogens (tertiary/aromatic N) is 3. The molecule has 3 rings (SSSR count). The summed E-state index contributed by atoms with van der Waals surface area (Å²) in [7, 11) is 3.99. The van der Waals surface area contributed by atoms with Crippen LogP contribution in [0.3, 0.4) is 0 Å². The van der Waals surface area contributed by atoms with Crippen LogP contribution in [0, 0.1) is 5.92 Å². The molecule has 2 N–H and O–H groups in total. The van der Waals surface area contributed by atoms with E-state index in [-0.39, 0.29) is 0 Å². The van der Waals surface area contributed by atoms with Crippen LogP contribution in [0.25, 0.3) is 11.0 Å². The lowest BCUT2D eigenvalue weighted by molar-refractivity contribution is 0.576. The normalized spacial score (nSPS) is 18.4. The van der Waals surface area contributed by atoms with Gasteiger partial charge in [-0.3, -0.25) is 0 Å². The van der Waals surface area contributed by atoms with Crippen LogP contribution in [0.1, 0.15) is 6.42 Å². The van der Waals surface area contributed by atoms with E-state index in [1.807, 2.05) is 31.3 Å². The minimum atomic E-state index is 0.693. The molecule has 1 fully saturated rings. The van der Waals surface area contributed by atoms with Gasteiger partial charge in [0.2, 0.25) is 0 Å². The van der Waals surface area contributed by atoms with Crippen molar-refractivity contribution in [2.24, 2.45) is 5.92 Å². The summed E-state index contributed by atoms with van der Waals surface area (Å²) in [4.78, 5) is 11.6. The average Bonchev–Trinajstić information content (AvgIpc) is 2.98. The van der Waals surface area contributed by atoms with Crippen LogP contribution in [0.4, 0.5) is 11.6 Å². The largest absolute Gasteiger partial charge is 0.370 e. The summed E-state index contributed by atoms with van der Waals surface area (Å²) in [5.41, 5.74) is 1.87. The van der Waals surface area contributed by atoms with Gasteiger partial charge in [-0.2, -0.15) is 0 Å². The molecule has 0 radical (unpaired) electrons. The molecule has 0 unspecified atom stereocenters. The molecule has 0 bridgehead atoms. The number of para-hydroxylation sites is 2. The lowest BCUT2D eigenvalue weighted by atomic mass is 10.1. The Hall–Kier alpha value is -1.88. The predicted molar refractivity (Wildman–Crippen MR) is 83.3 cm³/mol. The van der Waals surface area contributed by atoms with Gasteiger partial charge in [-0.15, -0.1) is 0 Å². The van der Waals surface area contributed by atoms with Crippen LogP contribution in [-0.4, -0.2) is 43.7 Å². The Kier molecular flexibility index (Phi) is 3.69. The standard InChI is InChI=1S/C15H21N5/c1-16-14-15(20(2)10-11-7-8-17-9-11)19-13-6-4-3-5-12(13)18-14/h3-6,11,17H,7-10H2,1-2H3,(H,16,18)/t11-/m1/s1. The van der Waals surface area contributed by atoms with Crippen molar-refractivity contribution in [2.75, 3.05) is 43.9 Å². The topological polar surface area (TPSA) is 53.1 Å². The zero-order chi connectivity index (χ0) is 13.9. The predicted octanol–water partition coefficient (Wildman–Crippen LogP) is 1.72. The summed E-state index contributed by atoms with van der Waals surface area (Å²) >= 11 is 0. The first-order valence-electron chi connectivity index (χ1n) is 7.14. The third-order valence-electron chi connectivity index (χ3n) is 3.84. The van der Waals surface area contributed by atoms with E-state index in [1.165, 1.54) is 6.42 Å². The zero-order valence-electron chi connectivity index (χ0n) is 12.1.